The Hall–Kier alpha value is -0.693. The van der Waals surface area contributed by atoms with Crippen LogP contribution in [0.4, 0.5) is 0 Å². The molecule has 0 bridgehead atoms. The van der Waals surface area contributed by atoms with E-state index in [0.717, 1.165) is 19.3 Å². The molecule has 2 rings (SSSR count). The Morgan fingerprint density at radius 1 is 0.931 bits per heavy atom. The van der Waals surface area contributed by atoms with E-state index in [1.54, 1.807) is 31.4 Å². The van der Waals surface area contributed by atoms with E-state index in [0.29, 0.717) is 21.5 Å². The summed E-state index contributed by atoms with van der Waals surface area (Å²) in [6.07, 6.45) is 2.51. The van der Waals surface area contributed by atoms with Crippen molar-refractivity contribution in [3.63, 3.8) is 0 Å². The van der Waals surface area contributed by atoms with E-state index in [1.807, 2.05) is 6.07 Å². The van der Waals surface area contributed by atoms with Crippen molar-refractivity contribution in [3.8, 4) is 0 Å². The van der Waals surface area contributed by atoms with Gasteiger partial charge in [-0.1, -0.05) is 59.7 Å². The van der Waals surface area contributed by atoms with Crippen molar-refractivity contribution in [2.75, 3.05) is 12.9 Å². The van der Waals surface area contributed by atoms with Gasteiger partial charge in [0.25, 0.3) is 0 Å². The minimum absolute atomic E-state index is 0.0390. The third-order valence-corrected chi connectivity index (χ3v) is 14.8. The third-order valence-electron chi connectivity index (χ3n) is 6.76. The maximum atomic E-state index is 12.8. The number of benzene rings is 1. The van der Waals surface area contributed by atoms with Crippen LogP contribution in [0.5, 0.6) is 0 Å². The smallest absolute Gasteiger partial charge is 0.200 e. The lowest BCUT2D eigenvalue weighted by Crippen LogP contribution is -2.53. The molecule has 1 fully saturated rings. The number of hydrogen-bond donors (Lipinski definition) is 0. The average Bonchev–Trinajstić information content (AvgIpc) is 2.66. The van der Waals surface area contributed by atoms with Gasteiger partial charge in [0.1, 0.15) is 0 Å². The minimum Gasteiger partial charge on any atom is -0.411 e. The standard InChI is InChI=1S/C23H40O4SSi/c1-17(2)29(18(3)4,19(5)6)27-22-14-13-20(15-23(22)26-7)16-28(24,25)21-11-9-8-10-12-21/h8-12,17-20,22-23H,13-16H2,1-7H3/t20-,22-,23-/m1/s1. The number of ether oxygens (including phenoxy) is 1. The largest absolute Gasteiger partial charge is 0.411 e. The summed E-state index contributed by atoms with van der Waals surface area (Å²) in [4.78, 5) is 0.415. The zero-order chi connectivity index (χ0) is 21.8. The van der Waals surface area contributed by atoms with Crippen molar-refractivity contribution in [3.05, 3.63) is 30.3 Å². The van der Waals surface area contributed by atoms with Gasteiger partial charge in [-0.3, -0.25) is 0 Å². The molecule has 0 unspecified atom stereocenters. The number of sulfone groups is 1. The van der Waals surface area contributed by atoms with E-state index in [2.05, 4.69) is 41.5 Å². The van der Waals surface area contributed by atoms with Crippen molar-refractivity contribution in [1.82, 2.24) is 0 Å². The summed E-state index contributed by atoms with van der Waals surface area (Å²) in [6.45, 7) is 13.8. The zero-order valence-electron chi connectivity index (χ0n) is 19.2. The lowest BCUT2D eigenvalue weighted by atomic mass is 9.86. The summed E-state index contributed by atoms with van der Waals surface area (Å²) in [5.74, 6) is 0.295. The molecule has 0 heterocycles. The van der Waals surface area contributed by atoms with Gasteiger partial charge >= 0.3 is 0 Å². The van der Waals surface area contributed by atoms with Gasteiger partial charge in [-0.25, -0.2) is 8.42 Å². The first-order chi connectivity index (χ1) is 13.5. The van der Waals surface area contributed by atoms with Gasteiger partial charge < -0.3 is 9.16 Å². The minimum atomic E-state index is -3.27. The summed E-state index contributed by atoms with van der Waals surface area (Å²) in [5, 5.41) is 0. The highest BCUT2D eigenvalue weighted by Gasteiger charge is 2.48. The Balaban J connectivity index is 2.13. The quantitative estimate of drug-likeness (QED) is 0.453. The first-order valence-electron chi connectivity index (χ1n) is 11.0. The van der Waals surface area contributed by atoms with Gasteiger partial charge in [0.2, 0.25) is 8.32 Å². The van der Waals surface area contributed by atoms with Gasteiger partial charge in [0.05, 0.1) is 22.9 Å². The molecule has 0 N–H and O–H groups in total. The molecule has 0 amide bonds. The Kier molecular flexibility index (Phi) is 8.54. The topological polar surface area (TPSA) is 52.6 Å². The van der Waals surface area contributed by atoms with Crippen LogP contribution in [0.2, 0.25) is 16.6 Å². The number of hydrogen-bond acceptors (Lipinski definition) is 4. The average molecular weight is 441 g/mol. The van der Waals surface area contributed by atoms with Crippen molar-refractivity contribution in [2.24, 2.45) is 5.92 Å². The zero-order valence-corrected chi connectivity index (χ0v) is 21.0. The fourth-order valence-electron chi connectivity index (χ4n) is 5.42. The monoisotopic (exact) mass is 440 g/mol. The summed E-state index contributed by atoms with van der Waals surface area (Å²) in [6, 6.07) is 8.78. The highest BCUT2D eigenvalue weighted by Crippen LogP contribution is 2.45. The molecular weight excluding hydrogens is 400 g/mol. The van der Waals surface area contributed by atoms with Gasteiger partial charge in [0.15, 0.2) is 9.84 Å². The maximum Gasteiger partial charge on any atom is 0.200 e. The van der Waals surface area contributed by atoms with E-state index < -0.39 is 18.2 Å². The summed E-state index contributed by atoms with van der Waals surface area (Å²) in [5.41, 5.74) is 1.57. The van der Waals surface area contributed by atoms with E-state index in [-0.39, 0.29) is 23.9 Å². The molecule has 1 aliphatic rings. The maximum absolute atomic E-state index is 12.8. The Morgan fingerprint density at radius 2 is 1.48 bits per heavy atom. The van der Waals surface area contributed by atoms with Crippen LogP contribution in [0.25, 0.3) is 0 Å². The van der Waals surface area contributed by atoms with Crippen molar-refractivity contribution < 1.29 is 17.6 Å². The van der Waals surface area contributed by atoms with Gasteiger partial charge in [-0.15, -0.1) is 0 Å². The Bertz CT molecular complexity index is 709. The lowest BCUT2D eigenvalue weighted by Gasteiger charge is -2.47. The van der Waals surface area contributed by atoms with Crippen LogP contribution in [0.1, 0.15) is 60.8 Å². The molecule has 29 heavy (non-hydrogen) atoms. The van der Waals surface area contributed by atoms with Crippen LogP contribution >= 0.6 is 0 Å². The van der Waals surface area contributed by atoms with Crippen molar-refractivity contribution >= 4 is 18.2 Å². The van der Waals surface area contributed by atoms with Crippen molar-refractivity contribution in [1.29, 1.82) is 0 Å². The number of rotatable bonds is 9. The number of methoxy groups -OCH3 is 1. The first kappa shape index (κ1) is 24.6. The van der Waals surface area contributed by atoms with Crippen molar-refractivity contribution in [2.45, 2.75) is 94.5 Å². The molecule has 0 spiro atoms. The van der Waals surface area contributed by atoms with Crippen LogP contribution in [0, 0.1) is 5.92 Å². The molecule has 0 saturated heterocycles. The fourth-order valence-corrected chi connectivity index (χ4v) is 12.7. The van der Waals surface area contributed by atoms with E-state index in [4.69, 9.17) is 9.16 Å². The molecule has 0 radical (unpaired) electrons. The van der Waals surface area contributed by atoms with Gasteiger partial charge in [-0.2, -0.15) is 0 Å². The van der Waals surface area contributed by atoms with Crippen LogP contribution < -0.4 is 0 Å². The second kappa shape index (κ2) is 10.1. The second-order valence-electron chi connectivity index (χ2n) is 9.52. The predicted molar refractivity (Wildman–Crippen MR) is 123 cm³/mol. The predicted octanol–water partition coefficient (Wildman–Crippen LogP) is 5.84. The van der Waals surface area contributed by atoms with Crippen LogP contribution in [0.3, 0.4) is 0 Å². The molecule has 1 saturated carbocycles. The molecule has 1 aromatic rings. The molecular formula is C23H40O4SSi. The Labute approximate surface area is 179 Å². The van der Waals surface area contributed by atoms with Crippen LogP contribution in [-0.4, -0.2) is 41.8 Å². The second-order valence-corrected chi connectivity index (χ2v) is 17.0. The molecule has 3 atom stereocenters. The van der Waals surface area contributed by atoms with E-state index in [9.17, 15) is 8.42 Å². The first-order valence-corrected chi connectivity index (χ1v) is 14.8. The highest BCUT2D eigenvalue weighted by molar-refractivity contribution is 7.91. The molecule has 0 aromatic heterocycles. The van der Waals surface area contributed by atoms with E-state index >= 15 is 0 Å². The molecule has 0 aliphatic heterocycles. The molecule has 6 heteroatoms. The van der Waals surface area contributed by atoms with Crippen LogP contribution in [-0.2, 0) is 19.0 Å². The summed E-state index contributed by atoms with van der Waals surface area (Å²) in [7, 11) is -3.53. The Morgan fingerprint density at radius 3 is 1.97 bits per heavy atom. The summed E-state index contributed by atoms with van der Waals surface area (Å²) < 4.78 is 38.5. The molecule has 166 valence electrons. The highest BCUT2D eigenvalue weighted by atomic mass is 32.2. The molecule has 4 nitrogen and oxygen atoms in total. The van der Waals surface area contributed by atoms with Crippen LogP contribution in [0.15, 0.2) is 35.2 Å². The molecule has 1 aromatic carbocycles. The lowest BCUT2D eigenvalue weighted by molar-refractivity contribution is -0.0426. The normalized spacial score (nSPS) is 23.9. The van der Waals surface area contributed by atoms with Gasteiger partial charge in [-0.05, 0) is 53.9 Å². The SMILES string of the molecule is CO[C@@H]1C[C@H](CS(=O)(=O)c2ccccc2)CC[C@H]1O[Si](C(C)C)(C(C)C)C(C)C. The fraction of sp³-hybridized carbons (Fsp3) is 0.739. The van der Waals surface area contributed by atoms with Gasteiger partial charge in [0, 0.05) is 7.11 Å². The van der Waals surface area contributed by atoms with E-state index in [1.165, 1.54) is 0 Å². The summed E-state index contributed by atoms with van der Waals surface area (Å²) >= 11 is 0. The third kappa shape index (κ3) is 5.52. The molecule has 1 aliphatic carbocycles.